The highest BCUT2D eigenvalue weighted by atomic mass is 32.2. The second kappa shape index (κ2) is 15.0. The molecule has 1 aliphatic carbocycles. The van der Waals surface area contributed by atoms with E-state index in [0.717, 1.165) is 68.6 Å². The first-order chi connectivity index (χ1) is 17.1. The van der Waals surface area contributed by atoms with E-state index in [-0.39, 0.29) is 17.7 Å². The zero-order valence-electron chi connectivity index (χ0n) is 21.0. The first-order valence-corrected chi connectivity index (χ1v) is 14.3. The molecule has 1 aromatic rings. The van der Waals surface area contributed by atoms with Gasteiger partial charge in [0, 0.05) is 37.1 Å². The van der Waals surface area contributed by atoms with Gasteiger partial charge in [-0.3, -0.25) is 14.4 Å². The Labute approximate surface area is 214 Å². The van der Waals surface area contributed by atoms with Crippen LogP contribution in [0.2, 0.25) is 0 Å². The fourth-order valence-electron chi connectivity index (χ4n) is 5.17. The average molecular weight is 500 g/mol. The van der Waals surface area contributed by atoms with Crippen LogP contribution in [-0.4, -0.2) is 54.1 Å². The standard InChI is InChI=1S/C28H41N3O3S/c1-22-9-8-17-31(22)26(33)15-6-5-10-23-11-7-12-24(19-23)20-35-18-16-29-28(34)27(30-21-32)25-13-3-2-4-14-25/h5,7,10-12,19,21-22,25,27H,2-4,6,8-9,13-18,20H2,1H3,(H,29,34)(H,30,32)/b10-5+. The Balaban J connectivity index is 1.34. The van der Waals surface area contributed by atoms with Gasteiger partial charge in [0.2, 0.25) is 18.2 Å². The Hall–Kier alpha value is -2.28. The molecule has 0 aromatic heterocycles. The molecular weight excluding hydrogens is 458 g/mol. The Bertz CT molecular complexity index is 854. The van der Waals surface area contributed by atoms with E-state index in [9.17, 15) is 14.4 Å². The van der Waals surface area contributed by atoms with Gasteiger partial charge in [0.25, 0.3) is 0 Å². The summed E-state index contributed by atoms with van der Waals surface area (Å²) in [6, 6.07) is 8.43. The molecule has 2 unspecified atom stereocenters. The lowest BCUT2D eigenvalue weighted by Crippen LogP contribution is -2.49. The summed E-state index contributed by atoms with van der Waals surface area (Å²) in [5.41, 5.74) is 2.39. The van der Waals surface area contributed by atoms with Gasteiger partial charge in [-0.2, -0.15) is 11.8 Å². The number of carbonyl (C=O) groups excluding carboxylic acids is 3. The normalized spacial score (nSPS) is 19.6. The van der Waals surface area contributed by atoms with Crippen molar-refractivity contribution in [2.75, 3.05) is 18.8 Å². The molecule has 7 heteroatoms. The summed E-state index contributed by atoms with van der Waals surface area (Å²) in [5, 5.41) is 5.75. The van der Waals surface area contributed by atoms with E-state index in [1.807, 2.05) is 4.90 Å². The van der Waals surface area contributed by atoms with E-state index in [1.165, 1.54) is 12.0 Å². The van der Waals surface area contributed by atoms with Crippen molar-refractivity contribution in [3.8, 4) is 0 Å². The summed E-state index contributed by atoms with van der Waals surface area (Å²) in [5.74, 6) is 2.15. The monoisotopic (exact) mass is 499 g/mol. The van der Waals surface area contributed by atoms with Crippen LogP contribution >= 0.6 is 11.8 Å². The van der Waals surface area contributed by atoms with Crippen LogP contribution in [0.1, 0.15) is 75.8 Å². The second-order valence-corrected chi connectivity index (χ2v) is 10.9. The van der Waals surface area contributed by atoms with E-state index in [2.05, 4.69) is 54.0 Å². The Morgan fingerprint density at radius 3 is 2.74 bits per heavy atom. The number of nitrogens with one attached hydrogen (secondary N) is 2. The Morgan fingerprint density at radius 1 is 1.17 bits per heavy atom. The predicted octanol–water partition coefficient (Wildman–Crippen LogP) is 4.54. The first kappa shape index (κ1) is 27.3. The van der Waals surface area contributed by atoms with Crippen LogP contribution in [0.15, 0.2) is 30.3 Å². The lowest BCUT2D eigenvalue weighted by Gasteiger charge is -2.28. The van der Waals surface area contributed by atoms with Crippen LogP contribution in [-0.2, 0) is 20.1 Å². The first-order valence-electron chi connectivity index (χ1n) is 13.2. The zero-order chi connectivity index (χ0) is 24.9. The third kappa shape index (κ3) is 9.02. The van der Waals surface area contributed by atoms with Gasteiger partial charge in [0.1, 0.15) is 6.04 Å². The van der Waals surface area contributed by atoms with Crippen molar-refractivity contribution < 1.29 is 14.4 Å². The molecule has 3 rings (SSSR count). The molecule has 0 radical (unpaired) electrons. The predicted molar refractivity (Wildman–Crippen MR) is 144 cm³/mol. The van der Waals surface area contributed by atoms with Gasteiger partial charge >= 0.3 is 0 Å². The largest absolute Gasteiger partial charge is 0.353 e. The Morgan fingerprint density at radius 2 is 2.00 bits per heavy atom. The highest BCUT2D eigenvalue weighted by molar-refractivity contribution is 7.98. The van der Waals surface area contributed by atoms with Crippen molar-refractivity contribution in [2.45, 2.75) is 82.5 Å². The molecular formula is C28H41N3O3S. The minimum absolute atomic E-state index is 0.0607. The summed E-state index contributed by atoms with van der Waals surface area (Å²) < 4.78 is 0. The number of thioether (sulfide) groups is 1. The Kier molecular flexibility index (Phi) is 11.7. The highest BCUT2D eigenvalue weighted by Gasteiger charge is 2.28. The lowest BCUT2D eigenvalue weighted by atomic mass is 9.83. The number of likely N-dealkylation sites (tertiary alicyclic amines) is 1. The maximum atomic E-state index is 12.6. The second-order valence-electron chi connectivity index (χ2n) is 9.77. The highest BCUT2D eigenvalue weighted by Crippen LogP contribution is 2.26. The van der Waals surface area contributed by atoms with E-state index >= 15 is 0 Å². The van der Waals surface area contributed by atoms with E-state index in [0.29, 0.717) is 25.4 Å². The number of hydrogen-bond donors (Lipinski definition) is 2. The van der Waals surface area contributed by atoms with Crippen LogP contribution in [0, 0.1) is 5.92 Å². The van der Waals surface area contributed by atoms with Gasteiger partial charge in [0.05, 0.1) is 0 Å². The maximum absolute atomic E-state index is 12.6. The molecule has 0 bridgehead atoms. The van der Waals surface area contributed by atoms with Crippen LogP contribution in [0.5, 0.6) is 0 Å². The zero-order valence-corrected chi connectivity index (χ0v) is 21.9. The molecule has 0 spiro atoms. The molecule has 6 nitrogen and oxygen atoms in total. The number of allylic oxidation sites excluding steroid dienone is 1. The van der Waals surface area contributed by atoms with Crippen molar-refractivity contribution in [2.24, 2.45) is 5.92 Å². The average Bonchev–Trinajstić information content (AvgIpc) is 3.31. The van der Waals surface area contributed by atoms with Crippen molar-refractivity contribution in [1.82, 2.24) is 15.5 Å². The smallest absolute Gasteiger partial charge is 0.242 e. The number of amides is 3. The lowest BCUT2D eigenvalue weighted by molar-refractivity contribution is -0.131. The number of benzene rings is 1. The van der Waals surface area contributed by atoms with E-state index < -0.39 is 6.04 Å². The van der Waals surface area contributed by atoms with Crippen LogP contribution in [0.3, 0.4) is 0 Å². The summed E-state index contributed by atoms with van der Waals surface area (Å²) in [6.07, 6.45) is 13.9. The quantitative estimate of drug-likeness (QED) is 0.309. The third-order valence-corrected chi connectivity index (χ3v) is 8.16. The molecule has 2 aliphatic rings. The molecule has 1 aliphatic heterocycles. The molecule has 1 saturated heterocycles. The fourth-order valence-corrected chi connectivity index (χ4v) is 5.98. The van der Waals surface area contributed by atoms with Crippen LogP contribution in [0.4, 0.5) is 0 Å². The van der Waals surface area contributed by atoms with Gasteiger partial charge in [-0.15, -0.1) is 0 Å². The van der Waals surface area contributed by atoms with Crippen molar-refractivity contribution in [1.29, 1.82) is 0 Å². The molecule has 2 atom stereocenters. The van der Waals surface area contributed by atoms with Gasteiger partial charge < -0.3 is 15.5 Å². The summed E-state index contributed by atoms with van der Waals surface area (Å²) in [6.45, 7) is 3.64. The SMILES string of the molecule is CC1CCCN1C(=O)CC/C=C/c1cccc(CSCCNC(=O)C(NC=O)C2CCCCC2)c1. The molecule has 3 amide bonds. The van der Waals surface area contributed by atoms with Crippen molar-refractivity contribution in [3.05, 3.63) is 41.5 Å². The molecule has 192 valence electrons. The molecule has 35 heavy (non-hydrogen) atoms. The number of hydrogen-bond acceptors (Lipinski definition) is 4. The van der Waals surface area contributed by atoms with E-state index in [4.69, 9.17) is 0 Å². The number of rotatable bonds is 13. The van der Waals surface area contributed by atoms with Crippen molar-refractivity contribution >= 4 is 36.1 Å². The van der Waals surface area contributed by atoms with E-state index in [1.54, 1.807) is 11.8 Å². The fraction of sp³-hybridized carbons (Fsp3) is 0.607. The summed E-state index contributed by atoms with van der Waals surface area (Å²) in [4.78, 5) is 37.9. The van der Waals surface area contributed by atoms with Crippen molar-refractivity contribution in [3.63, 3.8) is 0 Å². The summed E-state index contributed by atoms with van der Waals surface area (Å²) >= 11 is 1.79. The van der Waals surface area contributed by atoms with Crippen LogP contribution in [0.25, 0.3) is 6.08 Å². The van der Waals surface area contributed by atoms with Gasteiger partial charge in [-0.1, -0.05) is 55.7 Å². The molecule has 1 aromatic carbocycles. The number of nitrogens with zero attached hydrogens (tertiary/aromatic N) is 1. The third-order valence-electron chi connectivity index (χ3n) is 7.13. The molecule has 1 saturated carbocycles. The topological polar surface area (TPSA) is 78.5 Å². The molecule has 2 N–H and O–H groups in total. The van der Waals surface area contributed by atoms with Gasteiger partial charge in [0.15, 0.2) is 0 Å². The molecule has 1 heterocycles. The number of carbonyl (C=O) groups is 3. The molecule has 2 fully saturated rings. The van der Waals surface area contributed by atoms with Gasteiger partial charge in [-0.25, -0.2) is 0 Å². The minimum Gasteiger partial charge on any atom is -0.353 e. The van der Waals surface area contributed by atoms with Crippen LogP contribution < -0.4 is 10.6 Å². The minimum atomic E-state index is -0.407. The summed E-state index contributed by atoms with van der Waals surface area (Å²) in [7, 11) is 0. The maximum Gasteiger partial charge on any atom is 0.242 e. The van der Waals surface area contributed by atoms with Gasteiger partial charge in [-0.05, 0) is 56.1 Å².